The molecule has 0 aliphatic heterocycles. The highest BCUT2D eigenvalue weighted by molar-refractivity contribution is 5.74. The first-order valence-electron chi connectivity index (χ1n) is 5.81. The fourth-order valence-electron chi connectivity index (χ4n) is 2.40. The zero-order valence-corrected chi connectivity index (χ0v) is 9.40. The van der Waals surface area contributed by atoms with E-state index in [4.69, 9.17) is 9.15 Å². The van der Waals surface area contributed by atoms with Gasteiger partial charge in [-0.1, -0.05) is 12.8 Å². The first kappa shape index (κ1) is 9.70. The van der Waals surface area contributed by atoms with Crippen LogP contribution in [-0.4, -0.2) is 12.1 Å². The zero-order valence-electron chi connectivity index (χ0n) is 9.40. The molecule has 0 atom stereocenters. The third-order valence-electron chi connectivity index (χ3n) is 3.32. The summed E-state index contributed by atoms with van der Waals surface area (Å²) >= 11 is 0. The van der Waals surface area contributed by atoms with Crippen LogP contribution >= 0.6 is 0 Å². The van der Waals surface area contributed by atoms with Crippen molar-refractivity contribution in [2.75, 3.05) is 7.11 Å². The van der Waals surface area contributed by atoms with Crippen molar-refractivity contribution >= 4 is 11.1 Å². The minimum Gasteiger partial charge on any atom is -0.497 e. The number of oxazole rings is 1. The van der Waals surface area contributed by atoms with E-state index in [0.29, 0.717) is 5.92 Å². The molecule has 1 saturated carbocycles. The minimum absolute atomic E-state index is 0.526. The summed E-state index contributed by atoms with van der Waals surface area (Å²) in [7, 11) is 1.67. The predicted molar refractivity (Wildman–Crippen MR) is 61.8 cm³/mol. The Morgan fingerprint density at radius 2 is 2.12 bits per heavy atom. The monoisotopic (exact) mass is 217 g/mol. The molecule has 0 radical (unpaired) electrons. The molecule has 0 unspecified atom stereocenters. The van der Waals surface area contributed by atoms with E-state index in [1.54, 1.807) is 7.11 Å². The Balaban J connectivity index is 2.01. The highest BCUT2D eigenvalue weighted by Crippen LogP contribution is 2.35. The van der Waals surface area contributed by atoms with Gasteiger partial charge in [0.05, 0.1) is 7.11 Å². The van der Waals surface area contributed by atoms with Crippen molar-refractivity contribution in [3.8, 4) is 5.75 Å². The molecule has 0 N–H and O–H groups in total. The third-order valence-corrected chi connectivity index (χ3v) is 3.32. The second-order valence-corrected chi connectivity index (χ2v) is 4.37. The van der Waals surface area contributed by atoms with Gasteiger partial charge in [0, 0.05) is 12.0 Å². The molecule has 0 amide bonds. The van der Waals surface area contributed by atoms with Gasteiger partial charge >= 0.3 is 0 Å². The first-order chi connectivity index (χ1) is 7.86. The van der Waals surface area contributed by atoms with Crippen LogP contribution in [0.1, 0.15) is 37.5 Å². The van der Waals surface area contributed by atoms with Crippen molar-refractivity contribution in [1.29, 1.82) is 0 Å². The van der Waals surface area contributed by atoms with Gasteiger partial charge < -0.3 is 9.15 Å². The van der Waals surface area contributed by atoms with Gasteiger partial charge in [-0.2, -0.15) is 0 Å². The lowest BCUT2D eigenvalue weighted by Gasteiger charge is -2.00. The number of hydrogen-bond acceptors (Lipinski definition) is 3. The molecule has 3 nitrogen and oxygen atoms in total. The molecule has 0 spiro atoms. The highest BCUT2D eigenvalue weighted by Gasteiger charge is 2.22. The van der Waals surface area contributed by atoms with Gasteiger partial charge in [0.15, 0.2) is 11.5 Å². The number of benzene rings is 1. The number of fused-ring (bicyclic) bond motifs is 1. The molecule has 16 heavy (non-hydrogen) atoms. The van der Waals surface area contributed by atoms with Gasteiger partial charge in [-0.25, -0.2) is 4.98 Å². The summed E-state index contributed by atoms with van der Waals surface area (Å²) in [6.45, 7) is 0. The van der Waals surface area contributed by atoms with E-state index < -0.39 is 0 Å². The van der Waals surface area contributed by atoms with Crippen molar-refractivity contribution < 1.29 is 9.15 Å². The fourth-order valence-corrected chi connectivity index (χ4v) is 2.40. The molecule has 84 valence electrons. The summed E-state index contributed by atoms with van der Waals surface area (Å²) in [6.07, 6.45) is 5.02. The summed E-state index contributed by atoms with van der Waals surface area (Å²) in [6, 6.07) is 5.77. The number of rotatable bonds is 2. The predicted octanol–water partition coefficient (Wildman–Crippen LogP) is 3.49. The van der Waals surface area contributed by atoms with E-state index in [9.17, 15) is 0 Å². The molecule has 1 aromatic heterocycles. The SMILES string of the molecule is COc1ccc2oc(C3CCCC3)nc2c1. The van der Waals surface area contributed by atoms with Gasteiger partial charge in [-0.05, 0) is 25.0 Å². The van der Waals surface area contributed by atoms with Crippen LogP contribution in [0.3, 0.4) is 0 Å². The van der Waals surface area contributed by atoms with E-state index in [2.05, 4.69) is 4.98 Å². The standard InChI is InChI=1S/C13H15NO2/c1-15-10-6-7-12-11(8-10)14-13(16-12)9-4-2-3-5-9/h6-9H,2-5H2,1H3. The number of aromatic nitrogens is 1. The third kappa shape index (κ3) is 1.56. The van der Waals surface area contributed by atoms with Crippen LogP contribution in [0.5, 0.6) is 5.75 Å². The lowest BCUT2D eigenvalue weighted by atomic mass is 10.1. The Morgan fingerprint density at radius 3 is 2.88 bits per heavy atom. The zero-order chi connectivity index (χ0) is 11.0. The maximum absolute atomic E-state index is 5.78. The van der Waals surface area contributed by atoms with Crippen LogP contribution in [0.25, 0.3) is 11.1 Å². The molecule has 3 heteroatoms. The summed E-state index contributed by atoms with van der Waals surface area (Å²) in [5.41, 5.74) is 1.77. The average Bonchev–Trinajstić information content (AvgIpc) is 2.96. The van der Waals surface area contributed by atoms with Crippen LogP contribution in [0.15, 0.2) is 22.6 Å². The van der Waals surface area contributed by atoms with Gasteiger partial charge in [0.2, 0.25) is 0 Å². The van der Waals surface area contributed by atoms with Crippen molar-refractivity contribution in [2.45, 2.75) is 31.6 Å². The van der Waals surface area contributed by atoms with E-state index in [0.717, 1.165) is 22.7 Å². The smallest absolute Gasteiger partial charge is 0.198 e. The van der Waals surface area contributed by atoms with Crippen LogP contribution in [0.4, 0.5) is 0 Å². The van der Waals surface area contributed by atoms with E-state index >= 15 is 0 Å². The topological polar surface area (TPSA) is 35.3 Å². The number of ether oxygens (including phenoxy) is 1. The van der Waals surface area contributed by atoms with Crippen molar-refractivity contribution in [3.05, 3.63) is 24.1 Å². The van der Waals surface area contributed by atoms with Crippen LogP contribution < -0.4 is 4.74 Å². The average molecular weight is 217 g/mol. The second-order valence-electron chi connectivity index (χ2n) is 4.37. The minimum atomic E-state index is 0.526. The van der Waals surface area contributed by atoms with Gasteiger partial charge in [-0.3, -0.25) is 0 Å². The molecular formula is C13H15NO2. The summed E-state index contributed by atoms with van der Waals surface area (Å²) < 4.78 is 11.0. The van der Waals surface area contributed by atoms with Crippen molar-refractivity contribution in [2.24, 2.45) is 0 Å². The Hall–Kier alpha value is -1.51. The van der Waals surface area contributed by atoms with Gasteiger partial charge in [0.25, 0.3) is 0 Å². The molecule has 1 fully saturated rings. The normalized spacial score (nSPS) is 17.1. The first-order valence-corrected chi connectivity index (χ1v) is 5.81. The largest absolute Gasteiger partial charge is 0.497 e. The van der Waals surface area contributed by atoms with Crippen LogP contribution in [0.2, 0.25) is 0 Å². The van der Waals surface area contributed by atoms with E-state index in [1.165, 1.54) is 25.7 Å². The molecule has 1 aliphatic rings. The van der Waals surface area contributed by atoms with E-state index in [-0.39, 0.29) is 0 Å². The summed E-state index contributed by atoms with van der Waals surface area (Å²) in [5.74, 6) is 2.26. The van der Waals surface area contributed by atoms with Crippen molar-refractivity contribution in [3.63, 3.8) is 0 Å². The maximum atomic E-state index is 5.78. The van der Waals surface area contributed by atoms with E-state index in [1.807, 2.05) is 18.2 Å². The second kappa shape index (κ2) is 3.81. The lowest BCUT2D eigenvalue weighted by molar-refractivity contribution is 0.415. The van der Waals surface area contributed by atoms with Crippen LogP contribution in [0, 0.1) is 0 Å². The summed E-state index contributed by atoms with van der Waals surface area (Å²) in [4.78, 5) is 4.56. The number of nitrogens with zero attached hydrogens (tertiary/aromatic N) is 1. The Morgan fingerprint density at radius 1 is 1.31 bits per heavy atom. The fraction of sp³-hybridized carbons (Fsp3) is 0.462. The Labute approximate surface area is 94.4 Å². The molecule has 1 heterocycles. The molecule has 2 aromatic rings. The van der Waals surface area contributed by atoms with Gasteiger partial charge in [-0.15, -0.1) is 0 Å². The molecule has 1 aliphatic carbocycles. The number of hydrogen-bond donors (Lipinski definition) is 0. The van der Waals surface area contributed by atoms with Crippen molar-refractivity contribution in [1.82, 2.24) is 4.98 Å². The number of methoxy groups -OCH3 is 1. The Bertz CT molecular complexity index is 498. The van der Waals surface area contributed by atoms with Gasteiger partial charge in [0.1, 0.15) is 11.3 Å². The molecule has 0 saturated heterocycles. The van der Waals surface area contributed by atoms with Crippen LogP contribution in [-0.2, 0) is 0 Å². The molecular weight excluding hydrogens is 202 g/mol. The Kier molecular flexibility index (Phi) is 2.31. The molecule has 1 aromatic carbocycles. The lowest BCUT2D eigenvalue weighted by Crippen LogP contribution is -1.90. The quantitative estimate of drug-likeness (QED) is 0.772. The molecule has 3 rings (SSSR count). The summed E-state index contributed by atoms with van der Waals surface area (Å²) in [5, 5.41) is 0. The highest BCUT2D eigenvalue weighted by atomic mass is 16.5. The maximum Gasteiger partial charge on any atom is 0.198 e. The molecule has 0 bridgehead atoms.